The number of ether oxygens (including phenoxy) is 3. The highest BCUT2D eigenvalue weighted by Crippen LogP contribution is 2.34. The van der Waals surface area contributed by atoms with Crippen molar-refractivity contribution in [3.8, 4) is 0 Å². The van der Waals surface area contributed by atoms with Crippen molar-refractivity contribution in [3.05, 3.63) is 23.0 Å². The fourth-order valence-electron chi connectivity index (χ4n) is 4.83. The van der Waals surface area contributed by atoms with Crippen LogP contribution in [-0.2, 0) is 27.2 Å². The van der Waals surface area contributed by atoms with Gasteiger partial charge in [0.1, 0.15) is 11.4 Å². The van der Waals surface area contributed by atoms with Crippen molar-refractivity contribution in [3.63, 3.8) is 0 Å². The van der Waals surface area contributed by atoms with Gasteiger partial charge in [-0.25, -0.2) is 9.78 Å². The summed E-state index contributed by atoms with van der Waals surface area (Å²) >= 11 is 0. The van der Waals surface area contributed by atoms with Crippen molar-refractivity contribution in [1.82, 2.24) is 19.5 Å². The van der Waals surface area contributed by atoms with Crippen LogP contribution in [0.5, 0.6) is 0 Å². The topological polar surface area (TPSA) is 81.4 Å². The Morgan fingerprint density at radius 2 is 1.94 bits per heavy atom. The molecule has 0 saturated carbocycles. The maximum Gasteiger partial charge on any atom is 0.410 e. The van der Waals surface area contributed by atoms with Crippen LogP contribution >= 0.6 is 0 Å². The number of hydrogen-bond donors (Lipinski definition) is 0. The van der Waals surface area contributed by atoms with Crippen LogP contribution in [0.1, 0.15) is 63.0 Å². The van der Waals surface area contributed by atoms with E-state index in [9.17, 15) is 4.79 Å². The highest BCUT2D eigenvalue weighted by atomic mass is 16.6. The Morgan fingerprint density at radius 3 is 2.72 bits per heavy atom. The molecule has 3 aliphatic rings. The maximum atomic E-state index is 13.0. The molecule has 1 atom stereocenters. The molecule has 32 heavy (non-hydrogen) atoms. The van der Waals surface area contributed by atoms with E-state index in [1.807, 2.05) is 36.3 Å². The van der Waals surface area contributed by atoms with Crippen LogP contribution in [0, 0.1) is 0 Å². The molecule has 9 heteroatoms. The van der Waals surface area contributed by atoms with E-state index >= 15 is 0 Å². The van der Waals surface area contributed by atoms with E-state index in [2.05, 4.69) is 4.90 Å². The second kappa shape index (κ2) is 8.51. The van der Waals surface area contributed by atoms with E-state index in [1.165, 1.54) is 0 Å². The molecule has 0 aliphatic carbocycles. The second-order valence-corrected chi connectivity index (χ2v) is 9.79. The third-order valence-corrected chi connectivity index (χ3v) is 6.29. The predicted octanol–water partition coefficient (Wildman–Crippen LogP) is 3.10. The second-order valence-electron chi connectivity index (χ2n) is 9.79. The summed E-state index contributed by atoms with van der Waals surface area (Å²) in [7, 11) is 0. The van der Waals surface area contributed by atoms with Gasteiger partial charge in [-0.1, -0.05) is 0 Å². The number of amides is 1. The first-order valence-corrected chi connectivity index (χ1v) is 11.7. The summed E-state index contributed by atoms with van der Waals surface area (Å²) in [6.07, 6.45) is 3.45. The van der Waals surface area contributed by atoms with Gasteiger partial charge in [0, 0.05) is 37.7 Å². The van der Waals surface area contributed by atoms with Crippen molar-refractivity contribution in [2.24, 2.45) is 0 Å². The third kappa shape index (κ3) is 4.15. The van der Waals surface area contributed by atoms with Crippen LogP contribution in [0.25, 0.3) is 5.65 Å². The van der Waals surface area contributed by atoms with Gasteiger partial charge in [0.05, 0.1) is 43.9 Å². The van der Waals surface area contributed by atoms with Gasteiger partial charge in [-0.15, -0.1) is 0 Å². The molecular weight excluding hydrogens is 410 g/mol. The average Bonchev–Trinajstić information content (AvgIpc) is 3.20. The van der Waals surface area contributed by atoms with Crippen LogP contribution < -0.4 is 4.90 Å². The molecule has 1 amide bonds. The zero-order valence-corrected chi connectivity index (χ0v) is 19.3. The monoisotopic (exact) mass is 443 g/mol. The highest BCUT2D eigenvalue weighted by molar-refractivity contribution is 5.69. The molecule has 1 unspecified atom stereocenters. The number of piperidine rings is 1. The molecule has 174 valence electrons. The minimum absolute atomic E-state index is 0.105. The Kier molecular flexibility index (Phi) is 5.71. The fourth-order valence-corrected chi connectivity index (χ4v) is 4.83. The fraction of sp³-hybridized carbons (Fsp3) is 0.696. The number of carbonyl (C=O) groups is 1. The molecule has 0 radical (unpaired) electrons. The van der Waals surface area contributed by atoms with Crippen LogP contribution in [0.15, 0.2) is 6.07 Å². The van der Waals surface area contributed by atoms with Gasteiger partial charge in [-0.05, 0) is 40.0 Å². The van der Waals surface area contributed by atoms with Gasteiger partial charge < -0.3 is 19.1 Å². The minimum atomic E-state index is -0.526. The Bertz CT molecular complexity index is 992. The minimum Gasteiger partial charge on any atom is -0.444 e. The Balaban J connectivity index is 1.55. The number of carbonyl (C=O) groups excluding carboxylic acids is 1. The van der Waals surface area contributed by atoms with E-state index in [1.54, 1.807) is 0 Å². The summed E-state index contributed by atoms with van der Waals surface area (Å²) in [5, 5.41) is 5.02. The molecule has 2 aromatic rings. The van der Waals surface area contributed by atoms with E-state index in [4.69, 9.17) is 24.3 Å². The largest absolute Gasteiger partial charge is 0.444 e. The summed E-state index contributed by atoms with van der Waals surface area (Å²) in [5.74, 6) is 1.05. The molecule has 5 rings (SSSR count). The maximum absolute atomic E-state index is 13.0. The standard InChI is InChI=1S/C23H33N5O4/c1-23(2,3)32-22(29)27-8-5-4-6-19(27)18-14-20-24-17-7-11-31-15-16(17)21(28(20)25-18)26-9-12-30-13-10-26/h14,19H,4-13,15H2,1-3H3. The molecule has 5 heterocycles. The quantitative estimate of drug-likeness (QED) is 0.705. The lowest BCUT2D eigenvalue weighted by atomic mass is 10.00. The van der Waals surface area contributed by atoms with Crippen LogP contribution in [0.3, 0.4) is 0 Å². The molecule has 0 bridgehead atoms. The van der Waals surface area contributed by atoms with Crippen LogP contribution in [0.2, 0.25) is 0 Å². The van der Waals surface area contributed by atoms with Crippen molar-refractivity contribution in [1.29, 1.82) is 0 Å². The zero-order chi connectivity index (χ0) is 22.3. The van der Waals surface area contributed by atoms with E-state index in [-0.39, 0.29) is 12.1 Å². The normalized spacial score (nSPS) is 22.2. The molecule has 3 aliphatic heterocycles. The number of rotatable bonds is 2. The molecule has 9 nitrogen and oxygen atoms in total. The first-order chi connectivity index (χ1) is 15.4. The number of fused-ring (bicyclic) bond motifs is 2. The third-order valence-electron chi connectivity index (χ3n) is 6.29. The van der Waals surface area contributed by atoms with Crippen LogP contribution in [0.4, 0.5) is 10.6 Å². The number of morpholine rings is 1. The number of anilines is 1. The number of hydrogen-bond acceptors (Lipinski definition) is 7. The smallest absolute Gasteiger partial charge is 0.410 e. The van der Waals surface area contributed by atoms with Gasteiger partial charge in [0.25, 0.3) is 0 Å². The van der Waals surface area contributed by atoms with Gasteiger partial charge in [-0.2, -0.15) is 9.61 Å². The van der Waals surface area contributed by atoms with Crippen LogP contribution in [-0.4, -0.2) is 70.6 Å². The van der Waals surface area contributed by atoms with Gasteiger partial charge in [0.2, 0.25) is 0 Å². The highest BCUT2D eigenvalue weighted by Gasteiger charge is 2.34. The molecule has 0 spiro atoms. The van der Waals surface area contributed by atoms with Crippen molar-refractivity contribution in [2.75, 3.05) is 44.4 Å². The Hall–Kier alpha value is -2.39. The van der Waals surface area contributed by atoms with Crippen molar-refractivity contribution >= 4 is 17.6 Å². The summed E-state index contributed by atoms with van der Waals surface area (Å²) in [5.41, 5.74) is 3.39. The number of nitrogens with zero attached hydrogens (tertiary/aromatic N) is 5. The SMILES string of the molecule is CC(C)(C)OC(=O)N1CCCCC1c1cc2nc3c(c(N4CCOCC4)n2n1)COCC3. The lowest BCUT2D eigenvalue weighted by Crippen LogP contribution is -2.42. The zero-order valence-electron chi connectivity index (χ0n) is 19.3. The lowest BCUT2D eigenvalue weighted by molar-refractivity contribution is 0.00897. The molecule has 0 aromatic carbocycles. The summed E-state index contributed by atoms with van der Waals surface area (Å²) in [6.45, 7) is 10.7. The van der Waals surface area contributed by atoms with Crippen molar-refractivity contribution < 1.29 is 19.0 Å². The molecule has 2 fully saturated rings. The molecular formula is C23H33N5O4. The van der Waals surface area contributed by atoms with Crippen molar-refractivity contribution in [2.45, 2.75) is 64.7 Å². The molecule has 0 N–H and O–H groups in total. The van der Waals surface area contributed by atoms with E-state index < -0.39 is 5.60 Å². The first kappa shape index (κ1) is 21.5. The van der Waals surface area contributed by atoms with E-state index in [0.29, 0.717) is 33.0 Å². The van der Waals surface area contributed by atoms with E-state index in [0.717, 1.165) is 67.2 Å². The number of likely N-dealkylation sites (tertiary alicyclic amines) is 1. The average molecular weight is 444 g/mol. The molecule has 2 aromatic heterocycles. The predicted molar refractivity (Wildman–Crippen MR) is 119 cm³/mol. The number of aromatic nitrogens is 3. The first-order valence-electron chi connectivity index (χ1n) is 11.7. The summed E-state index contributed by atoms with van der Waals surface area (Å²) < 4.78 is 19.0. The lowest BCUT2D eigenvalue weighted by Gasteiger charge is -2.35. The van der Waals surface area contributed by atoms with Gasteiger partial charge >= 0.3 is 6.09 Å². The summed E-state index contributed by atoms with van der Waals surface area (Å²) in [4.78, 5) is 22.1. The molecule has 2 saturated heterocycles. The van der Waals surface area contributed by atoms with Gasteiger partial charge in [-0.3, -0.25) is 4.90 Å². The summed E-state index contributed by atoms with van der Waals surface area (Å²) in [6, 6.07) is 1.94. The Morgan fingerprint density at radius 1 is 1.12 bits per heavy atom. The Labute approximate surface area is 188 Å². The van der Waals surface area contributed by atoms with Gasteiger partial charge in [0.15, 0.2) is 5.65 Å².